The van der Waals surface area contributed by atoms with E-state index < -0.39 is 6.16 Å². The van der Waals surface area contributed by atoms with Crippen LogP contribution in [0, 0.1) is 17.8 Å². The largest absolute Gasteiger partial charge is 0.508 e. The number of hydrogen-bond donors (Lipinski definition) is 0. The molecule has 0 N–H and O–H groups in total. The molecule has 0 aliphatic heterocycles. The molecule has 1 fully saturated rings. The third-order valence-corrected chi connectivity index (χ3v) is 3.88. The molecular weight excluding hydrogens is 216 g/mol. The quantitative estimate of drug-likeness (QED) is 0.543. The van der Waals surface area contributed by atoms with Crippen LogP contribution in [0.2, 0.25) is 0 Å². The van der Waals surface area contributed by atoms with Crippen LogP contribution in [0.15, 0.2) is 12.2 Å². The maximum Gasteiger partial charge on any atom is 0.508 e. The maximum atomic E-state index is 11.5. The summed E-state index contributed by atoms with van der Waals surface area (Å²) in [5, 5.41) is 0. The smallest absolute Gasteiger partial charge is 0.434 e. The first-order chi connectivity index (χ1) is 8.24. The Morgan fingerprint density at radius 3 is 2.71 bits per heavy atom. The van der Waals surface area contributed by atoms with E-state index in [2.05, 4.69) is 19.1 Å². The van der Waals surface area contributed by atoms with Gasteiger partial charge in [-0.3, -0.25) is 0 Å². The van der Waals surface area contributed by atoms with E-state index in [1.807, 2.05) is 6.92 Å². The van der Waals surface area contributed by atoms with Crippen molar-refractivity contribution < 1.29 is 14.3 Å². The molecule has 0 aromatic heterocycles. The summed E-state index contributed by atoms with van der Waals surface area (Å²) in [5.74, 6) is 1.84. The molecule has 4 unspecified atom stereocenters. The second kappa shape index (κ2) is 5.56. The molecule has 2 bridgehead atoms. The van der Waals surface area contributed by atoms with E-state index in [1.54, 1.807) is 0 Å². The van der Waals surface area contributed by atoms with Crippen molar-refractivity contribution in [1.82, 2.24) is 0 Å². The Kier molecular flexibility index (Phi) is 4.08. The van der Waals surface area contributed by atoms with Crippen LogP contribution in [-0.2, 0) is 9.47 Å². The Hall–Kier alpha value is -0.990. The molecule has 2 aliphatic rings. The third kappa shape index (κ3) is 2.82. The first kappa shape index (κ1) is 12.5. The van der Waals surface area contributed by atoms with Gasteiger partial charge in [0.05, 0.1) is 6.61 Å². The highest BCUT2D eigenvalue weighted by Crippen LogP contribution is 2.46. The van der Waals surface area contributed by atoms with Gasteiger partial charge in [-0.2, -0.15) is 0 Å². The summed E-state index contributed by atoms with van der Waals surface area (Å²) in [5.41, 5.74) is 0. The van der Waals surface area contributed by atoms with Crippen molar-refractivity contribution in [3.05, 3.63) is 12.2 Å². The number of allylic oxidation sites excluding steroid dienone is 2. The molecule has 0 spiro atoms. The third-order valence-electron chi connectivity index (χ3n) is 3.88. The van der Waals surface area contributed by atoms with Crippen molar-refractivity contribution in [3.8, 4) is 0 Å². The first-order valence-electron chi connectivity index (χ1n) is 6.76. The van der Waals surface area contributed by atoms with Gasteiger partial charge in [0, 0.05) is 5.92 Å². The summed E-state index contributed by atoms with van der Waals surface area (Å²) in [6, 6.07) is 0. The van der Waals surface area contributed by atoms with Gasteiger partial charge in [0.25, 0.3) is 0 Å². The zero-order valence-corrected chi connectivity index (χ0v) is 10.7. The topological polar surface area (TPSA) is 35.5 Å². The average molecular weight is 238 g/mol. The van der Waals surface area contributed by atoms with Crippen molar-refractivity contribution in [3.63, 3.8) is 0 Å². The van der Waals surface area contributed by atoms with E-state index in [0.29, 0.717) is 24.4 Å². The van der Waals surface area contributed by atoms with Gasteiger partial charge in [0.1, 0.15) is 6.10 Å². The average Bonchev–Trinajstić information content (AvgIpc) is 2.95. The summed E-state index contributed by atoms with van der Waals surface area (Å²) >= 11 is 0. The van der Waals surface area contributed by atoms with Gasteiger partial charge >= 0.3 is 6.16 Å². The van der Waals surface area contributed by atoms with Crippen LogP contribution in [0.4, 0.5) is 4.79 Å². The van der Waals surface area contributed by atoms with Crippen LogP contribution in [0.1, 0.15) is 39.5 Å². The van der Waals surface area contributed by atoms with Crippen molar-refractivity contribution in [1.29, 1.82) is 0 Å². The predicted molar refractivity (Wildman–Crippen MR) is 65.6 cm³/mol. The number of carbonyl (C=O) groups excluding carboxylic acids is 1. The van der Waals surface area contributed by atoms with E-state index in [9.17, 15) is 4.79 Å². The van der Waals surface area contributed by atoms with E-state index in [0.717, 1.165) is 12.8 Å². The fraction of sp³-hybridized carbons (Fsp3) is 0.786. The second-order valence-corrected chi connectivity index (χ2v) is 5.11. The Balaban J connectivity index is 1.84. The van der Waals surface area contributed by atoms with Gasteiger partial charge in [0.2, 0.25) is 0 Å². The second-order valence-electron chi connectivity index (χ2n) is 5.11. The fourth-order valence-electron chi connectivity index (χ4n) is 3.07. The number of rotatable bonds is 5. The number of fused-ring (bicyclic) bond motifs is 2. The lowest BCUT2D eigenvalue weighted by Gasteiger charge is -2.26. The fourth-order valence-corrected chi connectivity index (χ4v) is 3.07. The first-order valence-corrected chi connectivity index (χ1v) is 6.76. The van der Waals surface area contributed by atoms with Crippen molar-refractivity contribution >= 4 is 6.16 Å². The highest BCUT2D eigenvalue weighted by Gasteiger charge is 2.41. The summed E-state index contributed by atoms with van der Waals surface area (Å²) in [6.45, 7) is 4.50. The predicted octanol–water partition coefficient (Wildman–Crippen LogP) is 3.54. The van der Waals surface area contributed by atoms with Gasteiger partial charge < -0.3 is 9.47 Å². The van der Waals surface area contributed by atoms with Crippen LogP contribution in [0.25, 0.3) is 0 Å². The van der Waals surface area contributed by atoms with Crippen molar-refractivity contribution in [2.75, 3.05) is 6.61 Å². The molecule has 96 valence electrons. The Labute approximate surface area is 103 Å². The minimum atomic E-state index is -0.495. The normalized spacial score (nSPS) is 31.5. The van der Waals surface area contributed by atoms with E-state index in [4.69, 9.17) is 9.47 Å². The molecule has 3 heteroatoms. The van der Waals surface area contributed by atoms with Crippen LogP contribution < -0.4 is 0 Å². The summed E-state index contributed by atoms with van der Waals surface area (Å²) in [6.07, 6.45) is 8.26. The zero-order chi connectivity index (χ0) is 12.3. The molecule has 0 heterocycles. The van der Waals surface area contributed by atoms with Crippen LogP contribution >= 0.6 is 0 Å². The van der Waals surface area contributed by atoms with Gasteiger partial charge in [0.15, 0.2) is 0 Å². The molecule has 2 aliphatic carbocycles. The molecule has 3 nitrogen and oxygen atoms in total. The van der Waals surface area contributed by atoms with E-state index >= 15 is 0 Å². The minimum absolute atomic E-state index is 0.0271. The number of carbonyl (C=O) groups is 1. The molecule has 17 heavy (non-hydrogen) atoms. The van der Waals surface area contributed by atoms with Crippen LogP contribution in [-0.4, -0.2) is 18.9 Å². The Morgan fingerprint density at radius 2 is 2.18 bits per heavy atom. The molecule has 2 rings (SSSR count). The van der Waals surface area contributed by atoms with E-state index in [1.165, 1.54) is 12.8 Å². The summed E-state index contributed by atoms with van der Waals surface area (Å²) < 4.78 is 10.4. The summed E-state index contributed by atoms with van der Waals surface area (Å²) in [7, 11) is 0. The van der Waals surface area contributed by atoms with Gasteiger partial charge in [-0.1, -0.05) is 26.0 Å². The highest BCUT2D eigenvalue weighted by atomic mass is 16.7. The van der Waals surface area contributed by atoms with Crippen LogP contribution in [0.3, 0.4) is 0 Å². The van der Waals surface area contributed by atoms with Crippen LogP contribution in [0.5, 0.6) is 0 Å². The molecule has 0 aromatic rings. The highest BCUT2D eigenvalue weighted by molar-refractivity contribution is 5.60. The molecule has 0 amide bonds. The number of hydrogen-bond acceptors (Lipinski definition) is 3. The Bertz CT molecular complexity index is 298. The van der Waals surface area contributed by atoms with E-state index in [-0.39, 0.29) is 6.10 Å². The lowest BCUT2D eigenvalue weighted by Crippen LogP contribution is -2.29. The minimum Gasteiger partial charge on any atom is -0.434 e. The summed E-state index contributed by atoms with van der Waals surface area (Å²) in [4.78, 5) is 11.5. The standard InChI is InChI=1S/C14H22O3/c1-3-7-16-14(15)17-13(4-2)12-9-10-5-6-11(12)8-10/h5-6,10-13H,3-4,7-9H2,1-2H3. The molecule has 0 saturated heterocycles. The maximum absolute atomic E-state index is 11.5. The lowest BCUT2D eigenvalue weighted by atomic mass is 9.87. The lowest BCUT2D eigenvalue weighted by molar-refractivity contribution is -0.00415. The van der Waals surface area contributed by atoms with Crippen molar-refractivity contribution in [2.24, 2.45) is 17.8 Å². The zero-order valence-electron chi connectivity index (χ0n) is 10.7. The van der Waals surface area contributed by atoms with Gasteiger partial charge in [-0.05, 0) is 37.5 Å². The molecular formula is C14H22O3. The molecule has 4 atom stereocenters. The molecule has 1 saturated carbocycles. The molecule has 0 aromatic carbocycles. The van der Waals surface area contributed by atoms with Gasteiger partial charge in [-0.25, -0.2) is 4.79 Å². The monoisotopic (exact) mass is 238 g/mol. The van der Waals surface area contributed by atoms with Gasteiger partial charge in [-0.15, -0.1) is 0 Å². The Morgan fingerprint density at radius 1 is 1.35 bits per heavy atom. The number of ether oxygens (including phenoxy) is 2. The molecule has 0 radical (unpaired) electrons. The SMILES string of the molecule is CCCOC(=O)OC(CC)C1CC2C=CC1C2. The van der Waals surface area contributed by atoms with Crippen molar-refractivity contribution in [2.45, 2.75) is 45.6 Å².